The molecule has 0 aliphatic heterocycles. The Bertz CT molecular complexity index is 1100. The highest BCUT2D eigenvalue weighted by Gasteiger charge is 2.15. The Morgan fingerprint density at radius 3 is 2.69 bits per heavy atom. The van der Waals surface area contributed by atoms with Crippen molar-refractivity contribution in [3.8, 4) is 17.0 Å². The van der Waals surface area contributed by atoms with Crippen LogP contribution in [-0.2, 0) is 4.79 Å². The smallest absolute Gasteiger partial charge is 0.273 e. The Balaban J connectivity index is 1.63. The van der Waals surface area contributed by atoms with Gasteiger partial charge in [-0.2, -0.15) is 0 Å². The number of nitrogens with zero attached hydrogens (tertiary/aromatic N) is 3. The second-order valence-electron chi connectivity index (χ2n) is 5.89. The molecule has 0 bridgehead atoms. The molecule has 0 atom stereocenters. The highest BCUT2D eigenvalue weighted by Crippen LogP contribution is 2.29. The molecule has 0 saturated heterocycles. The Hall–Kier alpha value is -3.86. The van der Waals surface area contributed by atoms with Gasteiger partial charge >= 0.3 is 0 Å². The van der Waals surface area contributed by atoms with Crippen LogP contribution in [0.25, 0.3) is 11.3 Å². The SMILES string of the molecule is Cc1ccc(-c2csc(NC(=O)COc3cccc([N+](=O)[O-])c3)n2)cc1[N+](=O)[O-]. The van der Waals surface area contributed by atoms with Crippen LogP contribution in [0.4, 0.5) is 16.5 Å². The number of benzene rings is 2. The van der Waals surface area contributed by atoms with E-state index in [1.54, 1.807) is 24.4 Å². The summed E-state index contributed by atoms with van der Waals surface area (Å²) in [7, 11) is 0. The summed E-state index contributed by atoms with van der Waals surface area (Å²) in [5.41, 5.74) is 1.45. The summed E-state index contributed by atoms with van der Waals surface area (Å²) < 4.78 is 5.26. The molecule has 10 nitrogen and oxygen atoms in total. The number of hydrogen-bond donors (Lipinski definition) is 1. The maximum atomic E-state index is 12.0. The van der Waals surface area contributed by atoms with E-state index in [2.05, 4.69) is 10.3 Å². The zero-order valence-electron chi connectivity index (χ0n) is 15.0. The average Bonchev–Trinajstić information content (AvgIpc) is 3.15. The van der Waals surface area contributed by atoms with E-state index in [0.29, 0.717) is 22.0 Å². The maximum absolute atomic E-state index is 12.0. The summed E-state index contributed by atoms with van der Waals surface area (Å²) in [6.45, 7) is 1.29. The summed E-state index contributed by atoms with van der Waals surface area (Å²) in [6, 6.07) is 10.3. The minimum absolute atomic E-state index is 0.00793. The topological polar surface area (TPSA) is 138 Å². The van der Waals surface area contributed by atoms with Crippen LogP contribution in [0, 0.1) is 27.2 Å². The van der Waals surface area contributed by atoms with Gasteiger partial charge in [0, 0.05) is 28.6 Å². The van der Waals surface area contributed by atoms with Crippen LogP contribution in [0.3, 0.4) is 0 Å². The number of non-ortho nitro benzene ring substituents is 1. The van der Waals surface area contributed by atoms with E-state index in [9.17, 15) is 25.0 Å². The molecule has 11 heteroatoms. The molecule has 29 heavy (non-hydrogen) atoms. The predicted octanol–water partition coefficient (Wildman–Crippen LogP) is 3.95. The number of carbonyl (C=O) groups excluding carboxylic acids is 1. The number of amides is 1. The molecule has 3 rings (SSSR count). The molecule has 148 valence electrons. The molecule has 3 aromatic rings. The fourth-order valence-electron chi connectivity index (χ4n) is 2.42. The van der Waals surface area contributed by atoms with Crippen molar-refractivity contribution >= 4 is 33.8 Å². The van der Waals surface area contributed by atoms with Crippen LogP contribution in [0.5, 0.6) is 5.75 Å². The predicted molar refractivity (Wildman–Crippen MR) is 106 cm³/mol. The number of aromatic nitrogens is 1. The Labute approximate surface area is 168 Å². The van der Waals surface area contributed by atoms with E-state index >= 15 is 0 Å². The highest BCUT2D eigenvalue weighted by atomic mass is 32.1. The lowest BCUT2D eigenvalue weighted by molar-refractivity contribution is -0.385. The van der Waals surface area contributed by atoms with Gasteiger partial charge in [0.1, 0.15) is 5.75 Å². The maximum Gasteiger partial charge on any atom is 0.273 e. The lowest BCUT2D eigenvalue weighted by Gasteiger charge is -2.05. The second kappa shape index (κ2) is 8.44. The minimum atomic E-state index is -0.556. The van der Waals surface area contributed by atoms with Gasteiger partial charge in [-0.05, 0) is 13.0 Å². The third kappa shape index (κ3) is 4.90. The number of hydrogen-bond acceptors (Lipinski definition) is 8. The van der Waals surface area contributed by atoms with Gasteiger partial charge < -0.3 is 4.74 Å². The van der Waals surface area contributed by atoms with Gasteiger partial charge in [0.2, 0.25) is 0 Å². The van der Waals surface area contributed by atoms with E-state index in [4.69, 9.17) is 4.74 Å². The van der Waals surface area contributed by atoms with Crippen molar-refractivity contribution in [3.05, 3.63) is 73.6 Å². The number of nitro benzene ring substituents is 2. The van der Waals surface area contributed by atoms with Gasteiger partial charge in [0.15, 0.2) is 11.7 Å². The van der Waals surface area contributed by atoms with Gasteiger partial charge in [-0.15, -0.1) is 11.3 Å². The van der Waals surface area contributed by atoms with Gasteiger partial charge in [-0.3, -0.25) is 30.3 Å². The molecule has 0 fully saturated rings. The van der Waals surface area contributed by atoms with Crippen LogP contribution in [0.2, 0.25) is 0 Å². The van der Waals surface area contributed by atoms with E-state index in [0.717, 1.165) is 11.3 Å². The van der Waals surface area contributed by atoms with Crippen molar-refractivity contribution in [3.63, 3.8) is 0 Å². The average molecular weight is 414 g/mol. The number of rotatable bonds is 7. The van der Waals surface area contributed by atoms with Crippen LogP contribution in [0.15, 0.2) is 47.8 Å². The lowest BCUT2D eigenvalue weighted by Crippen LogP contribution is -2.20. The van der Waals surface area contributed by atoms with Crippen LogP contribution < -0.4 is 10.1 Å². The van der Waals surface area contributed by atoms with E-state index < -0.39 is 15.8 Å². The van der Waals surface area contributed by atoms with Crippen molar-refractivity contribution < 1.29 is 19.4 Å². The summed E-state index contributed by atoms with van der Waals surface area (Å²) in [4.78, 5) is 37.1. The molecule has 0 saturated carbocycles. The molecule has 0 aliphatic rings. The molecule has 0 spiro atoms. The highest BCUT2D eigenvalue weighted by molar-refractivity contribution is 7.14. The third-order valence-corrected chi connectivity index (χ3v) is 4.61. The molecule has 0 unspecified atom stereocenters. The minimum Gasteiger partial charge on any atom is -0.484 e. The first kappa shape index (κ1) is 19.9. The number of carbonyl (C=O) groups is 1. The van der Waals surface area contributed by atoms with Gasteiger partial charge in [-0.1, -0.05) is 18.2 Å². The number of ether oxygens (including phenoxy) is 1. The summed E-state index contributed by atoms with van der Waals surface area (Å²) in [6.07, 6.45) is 0. The van der Waals surface area contributed by atoms with Crippen LogP contribution in [0.1, 0.15) is 5.56 Å². The number of nitro groups is 2. The standard InChI is InChI=1S/C18H14N4O6S/c1-11-5-6-12(7-16(11)22(26)27)15-10-29-18(19-15)20-17(23)9-28-14-4-2-3-13(8-14)21(24)25/h2-8,10H,9H2,1H3,(H,19,20,23). The quantitative estimate of drug-likeness (QED) is 0.456. The summed E-state index contributed by atoms with van der Waals surface area (Å²) >= 11 is 1.16. The van der Waals surface area contributed by atoms with Crippen molar-refractivity contribution in [2.45, 2.75) is 6.92 Å². The number of anilines is 1. The van der Waals surface area contributed by atoms with Crippen molar-refractivity contribution in [1.82, 2.24) is 4.98 Å². The molecule has 2 aromatic carbocycles. The largest absolute Gasteiger partial charge is 0.484 e. The molecule has 1 heterocycles. The molecular weight excluding hydrogens is 400 g/mol. The zero-order chi connectivity index (χ0) is 21.0. The molecular formula is C18H14N4O6S. The molecule has 0 radical (unpaired) electrons. The molecule has 1 aromatic heterocycles. The van der Waals surface area contributed by atoms with Gasteiger partial charge in [0.05, 0.1) is 21.6 Å². The Kier molecular flexibility index (Phi) is 5.79. The first-order chi connectivity index (χ1) is 13.8. The molecule has 1 N–H and O–H groups in total. The fourth-order valence-corrected chi connectivity index (χ4v) is 3.16. The Morgan fingerprint density at radius 2 is 1.97 bits per heavy atom. The monoisotopic (exact) mass is 414 g/mol. The third-order valence-electron chi connectivity index (χ3n) is 3.85. The molecule has 0 aliphatic carbocycles. The normalized spacial score (nSPS) is 10.4. The zero-order valence-corrected chi connectivity index (χ0v) is 15.8. The van der Waals surface area contributed by atoms with Crippen molar-refractivity contribution in [1.29, 1.82) is 0 Å². The van der Waals surface area contributed by atoms with Crippen molar-refractivity contribution in [2.24, 2.45) is 0 Å². The first-order valence-corrected chi connectivity index (χ1v) is 9.09. The van der Waals surface area contributed by atoms with Gasteiger partial charge in [0.25, 0.3) is 17.3 Å². The van der Waals surface area contributed by atoms with E-state index in [-0.39, 0.29) is 23.7 Å². The number of thiazole rings is 1. The Morgan fingerprint density at radius 1 is 1.17 bits per heavy atom. The number of nitrogens with one attached hydrogen (secondary N) is 1. The summed E-state index contributed by atoms with van der Waals surface area (Å²) in [5, 5.41) is 26.4. The van der Waals surface area contributed by atoms with Crippen LogP contribution in [-0.4, -0.2) is 27.3 Å². The lowest BCUT2D eigenvalue weighted by atomic mass is 10.1. The fraction of sp³-hybridized carbons (Fsp3) is 0.111. The van der Waals surface area contributed by atoms with Crippen LogP contribution >= 0.6 is 11.3 Å². The van der Waals surface area contributed by atoms with E-state index in [1.807, 2.05) is 0 Å². The van der Waals surface area contributed by atoms with Gasteiger partial charge in [-0.25, -0.2) is 4.98 Å². The first-order valence-electron chi connectivity index (χ1n) is 8.21. The van der Waals surface area contributed by atoms with E-state index in [1.165, 1.54) is 30.3 Å². The second-order valence-corrected chi connectivity index (χ2v) is 6.75. The number of aryl methyl sites for hydroxylation is 1. The van der Waals surface area contributed by atoms with Crippen molar-refractivity contribution in [2.75, 3.05) is 11.9 Å². The summed E-state index contributed by atoms with van der Waals surface area (Å²) in [5.74, 6) is -0.298. The molecule has 1 amide bonds.